The molecule has 0 saturated carbocycles. The summed E-state index contributed by atoms with van der Waals surface area (Å²) in [5, 5.41) is 10.3. The van der Waals surface area contributed by atoms with Crippen molar-refractivity contribution in [3.63, 3.8) is 0 Å². The molecule has 0 aliphatic carbocycles. The smallest absolute Gasteiger partial charge is 0.112 e. The third kappa shape index (κ3) is 3.33. The van der Waals surface area contributed by atoms with Gasteiger partial charge >= 0.3 is 0 Å². The summed E-state index contributed by atoms with van der Waals surface area (Å²) in [7, 11) is -0.611. The van der Waals surface area contributed by atoms with Crippen LogP contribution in [0.1, 0.15) is 0 Å². The number of para-hydroxylation sites is 2. The lowest BCUT2D eigenvalue weighted by molar-refractivity contribution is 0.690. The Morgan fingerprint density at radius 3 is 1.92 bits per heavy atom. The standard InChI is InChI=1S/C6H5N3.C2H6OS/c1-2-4-6-5(3-1)7-9-8-6;1-4(2)3/h1-4H,(H,7,8,9);1-2H3. The molecule has 0 amide bonds. The van der Waals surface area contributed by atoms with Crippen molar-refractivity contribution in [2.45, 2.75) is 0 Å². The van der Waals surface area contributed by atoms with Gasteiger partial charge in [0.15, 0.2) is 0 Å². The van der Waals surface area contributed by atoms with Crippen LogP contribution in [0.2, 0.25) is 0 Å². The van der Waals surface area contributed by atoms with E-state index in [1.54, 1.807) is 12.5 Å². The van der Waals surface area contributed by atoms with Crippen molar-refractivity contribution in [2.24, 2.45) is 0 Å². The first-order valence-corrected chi connectivity index (χ1v) is 5.67. The van der Waals surface area contributed by atoms with E-state index in [4.69, 9.17) is 0 Å². The highest BCUT2D eigenvalue weighted by Crippen LogP contribution is 2.03. The summed E-state index contributed by atoms with van der Waals surface area (Å²) in [5.74, 6) is 0. The van der Waals surface area contributed by atoms with E-state index in [1.165, 1.54) is 0 Å². The fourth-order valence-electron chi connectivity index (χ4n) is 0.786. The highest BCUT2D eigenvalue weighted by molar-refractivity contribution is 7.83. The van der Waals surface area contributed by atoms with E-state index >= 15 is 0 Å². The number of fused-ring (bicyclic) bond motifs is 1. The Bertz CT molecular complexity index is 365. The maximum absolute atomic E-state index is 9.56. The van der Waals surface area contributed by atoms with Gasteiger partial charge in [0.1, 0.15) is 11.0 Å². The summed E-state index contributed by atoms with van der Waals surface area (Å²) in [4.78, 5) is 0. The van der Waals surface area contributed by atoms with Crippen molar-refractivity contribution in [2.75, 3.05) is 12.5 Å². The number of nitrogens with one attached hydrogen (secondary N) is 1. The van der Waals surface area contributed by atoms with Gasteiger partial charge < -0.3 is 0 Å². The van der Waals surface area contributed by atoms with Gasteiger partial charge in [-0.05, 0) is 12.1 Å². The van der Waals surface area contributed by atoms with Crippen molar-refractivity contribution in [1.82, 2.24) is 15.4 Å². The first kappa shape index (κ1) is 9.85. The van der Waals surface area contributed by atoms with Crippen molar-refractivity contribution >= 4 is 21.8 Å². The third-order valence-electron chi connectivity index (χ3n) is 1.22. The van der Waals surface area contributed by atoms with Gasteiger partial charge in [0.05, 0.1) is 0 Å². The van der Waals surface area contributed by atoms with E-state index in [-0.39, 0.29) is 0 Å². The van der Waals surface area contributed by atoms with Crippen LogP contribution >= 0.6 is 0 Å². The van der Waals surface area contributed by atoms with Crippen LogP contribution in [0, 0.1) is 0 Å². The van der Waals surface area contributed by atoms with Crippen molar-refractivity contribution in [1.29, 1.82) is 0 Å². The summed E-state index contributed by atoms with van der Waals surface area (Å²) in [6.07, 6.45) is 3.28. The SMILES string of the molecule is CS(C)=O.c1ccc2n[nH]nc2c1. The Labute approximate surface area is 78.8 Å². The molecule has 0 fully saturated rings. The fraction of sp³-hybridized carbons (Fsp3) is 0.250. The number of nitrogens with zero attached hydrogens (tertiary/aromatic N) is 2. The molecule has 70 valence electrons. The first-order valence-electron chi connectivity index (χ1n) is 3.70. The maximum atomic E-state index is 9.56. The second-order valence-electron chi connectivity index (χ2n) is 2.55. The number of rotatable bonds is 0. The normalized spacial score (nSPS) is 9.77. The van der Waals surface area contributed by atoms with Gasteiger partial charge in [-0.25, -0.2) is 0 Å². The molecular weight excluding hydrogens is 186 g/mol. The molecule has 1 heterocycles. The molecule has 0 unspecified atom stereocenters. The predicted octanol–water partition coefficient (Wildman–Crippen LogP) is 0.953. The van der Waals surface area contributed by atoms with Gasteiger partial charge in [0.25, 0.3) is 0 Å². The topological polar surface area (TPSA) is 58.6 Å². The predicted molar refractivity (Wildman–Crippen MR) is 53.9 cm³/mol. The average molecular weight is 197 g/mol. The van der Waals surface area contributed by atoms with Crippen molar-refractivity contribution in [3.8, 4) is 0 Å². The average Bonchev–Trinajstić information content (AvgIpc) is 2.49. The summed E-state index contributed by atoms with van der Waals surface area (Å²) in [6.45, 7) is 0. The van der Waals surface area contributed by atoms with E-state index in [2.05, 4.69) is 15.4 Å². The molecule has 13 heavy (non-hydrogen) atoms. The summed E-state index contributed by atoms with van der Waals surface area (Å²) in [6, 6.07) is 7.70. The lowest BCUT2D eigenvalue weighted by Gasteiger charge is -1.78. The Hall–Kier alpha value is -1.23. The largest absolute Gasteiger partial charge is 0.260 e. The molecule has 2 rings (SSSR count). The van der Waals surface area contributed by atoms with Crippen LogP contribution in [0.25, 0.3) is 11.0 Å². The molecular formula is C8H11N3OS. The molecule has 1 aromatic carbocycles. The number of benzene rings is 1. The Kier molecular flexibility index (Phi) is 3.57. The van der Waals surface area contributed by atoms with Crippen LogP contribution in [-0.4, -0.2) is 32.1 Å². The van der Waals surface area contributed by atoms with Crippen LogP contribution in [-0.2, 0) is 10.8 Å². The second-order valence-corrected chi connectivity index (χ2v) is 4.04. The number of hydrogen-bond acceptors (Lipinski definition) is 3. The zero-order chi connectivity index (χ0) is 9.68. The van der Waals surface area contributed by atoms with Crippen LogP contribution < -0.4 is 0 Å². The van der Waals surface area contributed by atoms with Crippen molar-refractivity contribution in [3.05, 3.63) is 24.3 Å². The molecule has 0 bridgehead atoms. The van der Waals surface area contributed by atoms with E-state index in [1.807, 2.05) is 24.3 Å². The third-order valence-corrected chi connectivity index (χ3v) is 1.22. The van der Waals surface area contributed by atoms with E-state index in [0.29, 0.717) is 0 Å². The van der Waals surface area contributed by atoms with Gasteiger partial charge in [-0.2, -0.15) is 15.4 Å². The lowest BCUT2D eigenvalue weighted by Crippen LogP contribution is -1.70. The summed E-state index contributed by atoms with van der Waals surface area (Å²) < 4.78 is 9.56. The lowest BCUT2D eigenvalue weighted by atomic mass is 10.3. The van der Waals surface area contributed by atoms with Gasteiger partial charge in [-0.15, -0.1) is 0 Å². The zero-order valence-electron chi connectivity index (χ0n) is 7.52. The molecule has 2 aromatic rings. The van der Waals surface area contributed by atoms with E-state index in [0.717, 1.165) is 11.0 Å². The molecule has 5 heteroatoms. The van der Waals surface area contributed by atoms with Crippen LogP contribution in [0.5, 0.6) is 0 Å². The maximum Gasteiger partial charge on any atom is 0.112 e. The quantitative estimate of drug-likeness (QED) is 0.684. The zero-order valence-corrected chi connectivity index (χ0v) is 8.34. The number of hydrogen-bond donors (Lipinski definition) is 1. The highest BCUT2D eigenvalue weighted by Gasteiger charge is 1.90. The molecule has 0 atom stereocenters. The summed E-state index contributed by atoms with van der Waals surface area (Å²) >= 11 is 0. The monoisotopic (exact) mass is 197 g/mol. The van der Waals surface area contributed by atoms with E-state index in [9.17, 15) is 4.21 Å². The molecule has 0 radical (unpaired) electrons. The van der Waals surface area contributed by atoms with Crippen LogP contribution in [0.3, 0.4) is 0 Å². The Morgan fingerprint density at radius 2 is 1.54 bits per heavy atom. The highest BCUT2D eigenvalue weighted by atomic mass is 32.2. The van der Waals surface area contributed by atoms with Gasteiger partial charge in [0, 0.05) is 23.3 Å². The fourth-order valence-corrected chi connectivity index (χ4v) is 0.786. The molecule has 0 spiro atoms. The molecule has 4 nitrogen and oxygen atoms in total. The number of aromatic amines is 1. The van der Waals surface area contributed by atoms with Gasteiger partial charge in [-0.1, -0.05) is 12.1 Å². The number of H-pyrrole nitrogens is 1. The summed E-state index contributed by atoms with van der Waals surface area (Å²) in [5.41, 5.74) is 1.83. The molecule has 0 aliphatic heterocycles. The van der Waals surface area contributed by atoms with Crippen molar-refractivity contribution < 1.29 is 4.21 Å². The minimum Gasteiger partial charge on any atom is -0.260 e. The number of aromatic nitrogens is 3. The van der Waals surface area contributed by atoms with Gasteiger partial charge in [-0.3, -0.25) is 4.21 Å². The van der Waals surface area contributed by atoms with E-state index < -0.39 is 10.8 Å². The molecule has 1 aromatic heterocycles. The first-order chi connectivity index (χ1) is 6.20. The minimum absolute atomic E-state index is 0.611. The minimum atomic E-state index is -0.611. The Balaban J connectivity index is 0.000000184. The molecule has 1 N–H and O–H groups in total. The van der Waals surface area contributed by atoms with Crippen LogP contribution in [0.4, 0.5) is 0 Å². The Morgan fingerprint density at radius 1 is 1.15 bits per heavy atom. The van der Waals surface area contributed by atoms with Crippen LogP contribution in [0.15, 0.2) is 24.3 Å². The molecule has 0 aliphatic rings. The van der Waals surface area contributed by atoms with Gasteiger partial charge in [0.2, 0.25) is 0 Å². The molecule has 0 saturated heterocycles. The second kappa shape index (κ2) is 4.71.